The fraction of sp³-hybridized carbons (Fsp3) is 0.429. The zero-order valence-corrected chi connectivity index (χ0v) is 12.7. The van der Waals surface area contributed by atoms with Crippen molar-refractivity contribution in [3.05, 3.63) is 24.3 Å². The predicted molar refractivity (Wildman–Crippen MR) is 81.9 cm³/mol. The highest BCUT2D eigenvalue weighted by Crippen LogP contribution is 2.30. The molecule has 0 radical (unpaired) electrons. The number of nitrogens with two attached hydrogens (primary N) is 1. The molecular formula is C14H18N4O2S. The van der Waals surface area contributed by atoms with Crippen molar-refractivity contribution >= 4 is 11.8 Å². The summed E-state index contributed by atoms with van der Waals surface area (Å²) in [7, 11) is 1.63. The van der Waals surface area contributed by atoms with Gasteiger partial charge in [0.15, 0.2) is 5.82 Å². The molecule has 1 saturated heterocycles. The Balaban J connectivity index is 1.78. The minimum absolute atomic E-state index is 0.293. The van der Waals surface area contributed by atoms with Crippen LogP contribution in [0.3, 0.4) is 0 Å². The van der Waals surface area contributed by atoms with Crippen molar-refractivity contribution in [2.24, 2.45) is 0 Å². The lowest BCUT2D eigenvalue weighted by Crippen LogP contribution is -2.14. The molecule has 0 aliphatic carbocycles. The van der Waals surface area contributed by atoms with E-state index in [0.717, 1.165) is 36.5 Å². The van der Waals surface area contributed by atoms with Crippen molar-refractivity contribution in [3.63, 3.8) is 0 Å². The molecule has 21 heavy (non-hydrogen) atoms. The van der Waals surface area contributed by atoms with E-state index in [-0.39, 0.29) is 0 Å². The highest BCUT2D eigenvalue weighted by Gasteiger charge is 2.19. The molecule has 1 aromatic heterocycles. The van der Waals surface area contributed by atoms with E-state index in [4.69, 9.17) is 15.3 Å². The monoisotopic (exact) mass is 306 g/mol. The molecule has 1 aliphatic heterocycles. The minimum Gasteiger partial charge on any atom is -0.496 e. The Bertz CT molecular complexity index is 611. The molecule has 1 aromatic carbocycles. The van der Waals surface area contributed by atoms with E-state index in [1.54, 1.807) is 18.9 Å². The average molecular weight is 306 g/mol. The maximum absolute atomic E-state index is 6.12. The van der Waals surface area contributed by atoms with Crippen LogP contribution in [0.1, 0.15) is 12.8 Å². The third-order valence-electron chi connectivity index (χ3n) is 3.43. The Labute approximate surface area is 127 Å². The first kappa shape index (κ1) is 14.2. The van der Waals surface area contributed by atoms with Gasteiger partial charge in [0, 0.05) is 12.4 Å². The van der Waals surface area contributed by atoms with Crippen molar-refractivity contribution in [1.29, 1.82) is 0 Å². The Kier molecular flexibility index (Phi) is 4.31. The Morgan fingerprint density at radius 1 is 1.43 bits per heavy atom. The second kappa shape index (κ2) is 6.36. The highest BCUT2D eigenvalue weighted by molar-refractivity contribution is 7.99. The molecule has 0 saturated carbocycles. The molecular weight excluding hydrogens is 288 g/mol. The van der Waals surface area contributed by atoms with Crippen molar-refractivity contribution in [2.45, 2.75) is 24.1 Å². The SMILES string of the molecule is COc1ccccc1-c1nnc(SCC2CCCO2)n1N. The maximum atomic E-state index is 6.12. The smallest absolute Gasteiger partial charge is 0.210 e. The van der Waals surface area contributed by atoms with E-state index in [1.807, 2.05) is 24.3 Å². The number of nitrogens with zero attached hydrogens (tertiary/aromatic N) is 3. The van der Waals surface area contributed by atoms with Crippen LogP contribution in [0.4, 0.5) is 0 Å². The number of ether oxygens (including phenoxy) is 2. The molecule has 1 atom stereocenters. The molecule has 1 fully saturated rings. The van der Waals surface area contributed by atoms with Crippen LogP contribution >= 0.6 is 11.8 Å². The number of benzene rings is 1. The van der Waals surface area contributed by atoms with Crippen molar-refractivity contribution in [2.75, 3.05) is 25.3 Å². The Morgan fingerprint density at radius 2 is 2.29 bits per heavy atom. The van der Waals surface area contributed by atoms with Gasteiger partial charge < -0.3 is 15.3 Å². The fourth-order valence-electron chi connectivity index (χ4n) is 2.33. The quantitative estimate of drug-likeness (QED) is 0.672. The summed E-state index contributed by atoms with van der Waals surface area (Å²) in [5.41, 5.74) is 0.832. The van der Waals surface area contributed by atoms with Crippen LogP contribution in [0.2, 0.25) is 0 Å². The number of thioether (sulfide) groups is 1. The number of nitrogen functional groups attached to an aromatic ring is 1. The van der Waals surface area contributed by atoms with Crippen LogP contribution in [-0.4, -0.2) is 40.4 Å². The average Bonchev–Trinajstić information content (AvgIpc) is 3.15. The van der Waals surface area contributed by atoms with Gasteiger partial charge in [0.25, 0.3) is 0 Å². The minimum atomic E-state index is 0.293. The van der Waals surface area contributed by atoms with E-state index in [1.165, 1.54) is 4.68 Å². The van der Waals surface area contributed by atoms with Gasteiger partial charge in [-0.1, -0.05) is 23.9 Å². The van der Waals surface area contributed by atoms with Gasteiger partial charge in [0.2, 0.25) is 5.16 Å². The fourth-order valence-corrected chi connectivity index (χ4v) is 3.25. The summed E-state index contributed by atoms with van der Waals surface area (Å²) < 4.78 is 12.5. The summed E-state index contributed by atoms with van der Waals surface area (Å²) >= 11 is 1.57. The summed E-state index contributed by atoms with van der Waals surface area (Å²) in [6, 6.07) is 7.63. The van der Waals surface area contributed by atoms with Crippen LogP contribution in [0.15, 0.2) is 29.4 Å². The van der Waals surface area contributed by atoms with Crippen molar-refractivity contribution < 1.29 is 9.47 Å². The van der Waals surface area contributed by atoms with Gasteiger partial charge in [-0.05, 0) is 25.0 Å². The van der Waals surface area contributed by atoms with Crippen LogP contribution in [0, 0.1) is 0 Å². The summed E-state index contributed by atoms with van der Waals surface area (Å²) in [5.74, 6) is 8.29. The van der Waals surface area contributed by atoms with E-state index >= 15 is 0 Å². The van der Waals surface area contributed by atoms with E-state index in [2.05, 4.69) is 10.2 Å². The topological polar surface area (TPSA) is 75.2 Å². The highest BCUT2D eigenvalue weighted by atomic mass is 32.2. The Morgan fingerprint density at radius 3 is 3.05 bits per heavy atom. The second-order valence-electron chi connectivity index (χ2n) is 4.82. The molecule has 0 amide bonds. The number of para-hydroxylation sites is 1. The lowest BCUT2D eigenvalue weighted by atomic mass is 10.2. The van der Waals surface area contributed by atoms with Crippen LogP contribution in [-0.2, 0) is 4.74 Å². The molecule has 1 unspecified atom stereocenters. The first-order valence-electron chi connectivity index (χ1n) is 6.88. The molecule has 1 aliphatic rings. The molecule has 2 heterocycles. The molecule has 7 heteroatoms. The molecule has 2 aromatic rings. The third-order valence-corrected chi connectivity index (χ3v) is 4.51. The number of hydrogen-bond acceptors (Lipinski definition) is 6. The van der Waals surface area contributed by atoms with Gasteiger partial charge >= 0.3 is 0 Å². The van der Waals surface area contributed by atoms with E-state index in [0.29, 0.717) is 17.1 Å². The normalized spacial score (nSPS) is 18.0. The first-order valence-corrected chi connectivity index (χ1v) is 7.86. The molecule has 6 nitrogen and oxygen atoms in total. The molecule has 3 rings (SSSR count). The number of methoxy groups -OCH3 is 1. The van der Waals surface area contributed by atoms with Crippen LogP contribution in [0.25, 0.3) is 11.4 Å². The summed E-state index contributed by atoms with van der Waals surface area (Å²) in [4.78, 5) is 0. The van der Waals surface area contributed by atoms with E-state index < -0.39 is 0 Å². The zero-order valence-electron chi connectivity index (χ0n) is 11.9. The number of aromatic nitrogens is 3. The summed E-state index contributed by atoms with van der Waals surface area (Å²) in [6.45, 7) is 0.854. The summed E-state index contributed by atoms with van der Waals surface area (Å²) in [5, 5.41) is 9.04. The van der Waals surface area contributed by atoms with Crippen molar-refractivity contribution in [3.8, 4) is 17.1 Å². The van der Waals surface area contributed by atoms with Gasteiger partial charge in [-0.15, -0.1) is 10.2 Å². The summed E-state index contributed by atoms with van der Waals surface area (Å²) in [6.07, 6.45) is 2.53. The lowest BCUT2D eigenvalue weighted by molar-refractivity contribution is 0.129. The van der Waals surface area contributed by atoms with Crippen LogP contribution < -0.4 is 10.6 Å². The third kappa shape index (κ3) is 2.98. The van der Waals surface area contributed by atoms with Gasteiger partial charge in [0.1, 0.15) is 5.75 Å². The largest absolute Gasteiger partial charge is 0.496 e. The van der Waals surface area contributed by atoms with Gasteiger partial charge in [-0.25, -0.2) is 4.68 Å². The van der Waals surface area contributed by atoms with Gasteiger partial charge in [0.05, 0.1) is 18.8 Å². The first-order chi connectivity index (χ1) is 10.3. The standard InChI is InChI=1S/C14H18N4O2S/c1-19-12-7-3-2-6-11(12)13-16-17-14(18(13)15)21-9-10-5-4-8-20-10/h2-3,6-7,10H,4-5,8-9,15H2,1H3. The molecule has 112 valence electrons. The maximum Gasteiger partial charge on any atom is 0.210 e. The Hall–Kier alpha value is -1.73. The van der Waals surface area contributed by atoms with Gasteiger partial charge in [-0.3, -0.25) is 0 Å². The zero-order chi connectivity index (χ0) is 14.7. The van der Waals surface area contributed by atoms with E-state index in [9.17, 15) is 0 Å². The number of rotatable bonds is 5. The molecule has 2 N–H and O–H groups in total. The van der Waals surface area contributed by atoms with Crippen LogP contribution in [0.5, 0.6) is 5.75 Å². The van der Waals surface area contributed by atoms with Gasteiger partial charge in [-0.2, -0.15) is 0 Å². The molecule has 0 bridgehead atoms. The predicted octanol–water partition coefficient (Wildman–Crippen LogP) is 1.94. The lowest BCUT2D eigenvalue weighted by Gasteiger charge is -2.09. The second-order valence-corrected chi connectivity index (χ2v) is 5.81. The molecule has 0 spiro atoms. The van der Waals surface area contributed by atoms with Crippen molar-refractivity contribution in [1.82, 2.24) is 14.9 Å². The number of hydrogen-bond donors (Lipinski definition) is 1.